The first-order chi connectivity index (χ1) is 13.6. The predicted octanol–water partition coefficient (Wildman–Crippen LogP) is 3.35. The Labute approximate surface area is 166 Å². The van der Waals surface area contributed by atoms with E-state index in [4.69, 9.17) is 10.00 Å². The van der Waals surface area contributed by atoms with Gasteiger partial charge >= 0.3 is 5.97 Å². The number of anilines is 2. The fraction of sp³-hybridized carbons (Fsp3) is 0.263. The Balaban J connectivity index is 1.99. The van der Waals surface area contributed by atoms with Crippen LogP contribution in [0.3, 0.4) is 0 Å². The van der Waals surface area contributed by atoms with Gasteiger partial charge in [0.2, 0.25) is 0 Å². The van der Waals surface area contributed by atoms with Crippen molar-refractivity contribution in [1.29, 1.82) is 5.26 Å². The molecule has 0 aromatic carbocycles. The van der Waals surface area contributed by atoms with E-state index in [1.54, 1.807) is 29.6 Å². The van der Waals surface area contributed by atoms with Crippen LogP contribution in [-0.4, -0.2) is 32.5 Å². The Bertz CT molecular complexity index is 983. The summed E-state index contributed by atoms with van der Waals surface area (Å²) in [6, 6.07) is 5.74. The molecule has 3 aromatic rings. The van der Waals surface area contributed by atoms with E-state index in [1.165, 1.54) is 23.7 Å². The van der Waals surface area contributed by atoms with Crippen molar-refractivity contribution in [2.24, 2.45) is 5.92 Å². The molecule has 28 heavy (non-hydrogen) atoms. The topological polar surface area (TPSA) is 105 Å². The second-order valence-corrected chi connectivity index (χ2v) is 7.42. The van der Waals surface area contributed by atoms with Crippen LogP contribution in [0, 0.1) is 17.2 Å². The first kappa shape index (κ1) is 19.4. The molecule has 0 radical (unpaired) electrons. The molecule has 0 aliphatic carbocycles. The van der Waals surface area contributed by atoms with Gasteiger partial charge in [-0.25, -0.2) is 19.7 Å². The van der Waals surface area contributed by atoms with E-state index in [2.05, 4.69) is 26.0 Å². The summed E-state index contributed by atoms with van der Waals surface area (Å²) in [6.07, 6.45) is 7.66. The Morgan fingerprint density at radius 3 is 2.68 bits per heavy atom. The van der Waals surface area contributed by atoms with Gasteiger partial charge in [-0.15, -0.1) is 11.3 Å². The van der Waals surface area contributed by atoms with Crippen LogP contribution in [0.2, 0.25) is 0 Å². The molecule has 0 unspecified atom stereocenters. The minimum Gasteiger partial charge on any atom is -0.461 e. The van der Waals surface area contributed by atoms with Gasteiger partial charge in [0.15, 0.2) is 17.3 Å². The van der Waals surface area contributed by atoms with Crippen LogP contribution in [0.25, 0.3) is 0 Å². The number of hydrogen-bond acceptors (Lipinski definition) is 9. The number of esters is 1. The number of thiophene rings is 1. The van der Waals surface area contributed by atoms with Crippen molar-refractivity contribution in [3.8, 4) is 6.07 Å². The number of carbonyl (C=O) groups is 1. The van der Waals surface area contributed by atoms with Crippen molar-refractivity contribution in [1.82, 2.24) is 19.9 Å². The normalized spacial score (nSPS) is 10.5. The average Bonchev–Trinajstić information content (AvgIpc) is 3.18. The number of hydrogen-bond donors (Lipinski definition) is 0. The SMILES string of the molecule is CC(C)COC(=O)c1nccnc1N(Cc1ccc(C#N)s1)c1cnccn1. The van der Waals surface area contributed by atoms with Crippen LogP contribution in [0.5, 0.6) is 0 Å². The van der Waals surface area contributed by atoms with E-state index in [0.717, 1.165) is 4.88 Å². The number of carbonyl (C=O) groups excluding carboxylic acids is 1. The zero-order valence-electron chi connectivity index (χ0n) is 15.4. The maximum Gasteiger partial charge on any atom is 0.360 e. The predicted molar refractivity (Wildman–Crippen MR) is 104 cm³/mol. The van der Waals surface area contributed by atoms with Crippen LogP contribution in [0.1, 0.15) is 34.1 Å². The molecule has 0 aliphatic rings. The number of ether oxygens (including phenoxy) is 1. The van der Waals surface area contributed by atoms with Crippen LogP contribution in [-0.2, 0) is 11.3 Å². The Morgan fingerprint density at radius 1 is 1.21 bits per heavy atom. The van der Waals surface area contributed by atoms with Crippen molar-refractivity contribution < 1.29 is 9.53 Å². The zero-order valence-corrected chi connectivity index (χ0v) is 16.3. The molecule has 0 saturated heterocycles. The second-order valence-electron chi connectivity index (χ2n) is 6.25. The van der Waals surface area contributed by atoms with Gasteiger partial charge in [-0.3, -0.25) is 4.98 Å². The monoisotopic (exact) mass is 394 g/mol. The molecule has 3 heterocycles. The maximum atomic E-state index is 12.6. The zero-order chi connectivity index (χ0) is 19.9. The Hall–Kier alpha value is -3.38. The molecule has 9 heteroatoms. The number of nitriles is 1. The van der Waals surface area contributed by atoms with E-state index in [9.17, 15) is 4.79 Å². The van der Waals surface area contributed by atoms with Crippen molar-refractivity contribution >= 4 is 28.9 Å². The van der Waals surface area contributed by atoms with Crippen molar-refractivity contribution in [2.45, 2.75) is 20.4 Å². The molecule has 0 atom stereocenters. The van der Waals surface area contributed by atoms with Gasteiger partial charge in [-0.05, 0) is 18.1 Å². The first-order valence-electron chi connectivity index (χ1n) is 8.59. The first-order valence-corrected chi connectivity index (χ1v) is 9.40. The Morgan fingerprint density at radius 2 is 2.00 bits per heavy atom. The van der Waals surface area contributed by atoms with Crippen LogP contribution >= 0.6 is 11.3 Å². The lowest BCUT2D eigenvalue weighted by Crippen LogP contribution is -2.23. The molecule has 0 amide bonds. The van der Waals surface area contributed by atoms with Crippen LogP contribution < -0.4 is 4.90 Å². The molecular formula is C19H18N6O2S. The van der Waals surface area contributed by atoms with Gasteiger partial charge in [0.25, 0.3) is 0 Å². The van der Waals surface area contributed by atoms with Gasteiger partial charge in [0.05, 0.1) is 19.3 Å². The van der Waals surface area contributed by atoms with E-state index >= 15 is 0 Å². The van der Waals surface area contributed by atoms with Crippen LogP contribution in [0.4, 0.5) is 11.6 Å². The molecule has 8 nitrogen and oxygen atoms in total. The highest BCUT2D eigenvalue weighted by atomic mass is 32.1. The molecule has 0 saturated carbocycles. The van der Waals surface area contributed by atoms with Crippen molar-refractivity contribution in [3.05, 3.63) is 58.6 Å². The largest absolute Gasteiger partial charge is 0.461 e. The van der Waals surface area contributed by atoms with Gasteiger partial charge in [0.1, 0.15) is 10.9 Å². The van der Waals surface area contributed by atoms with E-state index in [-0.39, 0.29) is 18.2 Å². The molecular weight excluding hydrogens is 376 g/mol. The third kappa shape index (κ3) is 4.66. The maximum absolute atomic E-state index is 12.6. The molecule has 0 bridgehead atoms. The summed E-state index contributed by atoms with van der Waals surface area (Å²) in [5.74, 6) is 0.488. The smallest absolute Gasteiger partial charge is 0.360 e. The molecule has 0 fully saturated rings. The minimum atomic E-state index is -0.547. The van der Waals surface area contributed by atoms with Crippen LogP contribution in [0.15, 0.2) is 43.1 Å². The lowest BCUT2D eigenvalue weighted by atomic mass is 10.2. The average molecular weight is 394 g/mol. The van der Waals surface area contributed by atoms with Gasteiger partial charge in [0, 0.05) is 29.7 Å². The fourth-order valence-electron chi connectivity index (χ4n) is 2.36. The Kier molecular flexibility index (Phi) is 6.24. The molecule has 0 aliphatic heterocycles. The minimum absolute atomic E-state index is 0.103. The summed E-state index contributed by atoms with van der Waals surface area (Å²) in [5, 5.41) is 9.08. The third-order valence-electron chi connectivity index (χ3n) is 3.59. The van der Waals surface area contributed by atoms with Gasteiger partial charge < -0.3 is 9.64 Å². The van der Waals surface area contributed by atoms with Gasteiger partial charge in [-0.1, -0.05) is 13.8 Å². The highest BCUT2D eigenvalue weighted by molar-refractivity contribution is 7.12. The molecule has 0 N–H and O–H groups in total. The lowest BCUT2D eigenvalue weighted by Gasteiger charge is -2.23. The summed E-state index contributed by atoms with van der Waals surface area (Å²) in [4.78, 5) is 32.8. The van der Waals surface area contributed by atoms with Crippen molar-refractivity contribution in [2.75, 3.05) is 11.5 Å². The summed E-state index contributed by atoms with van der Waals surface area (Å²) in [5.41, 5.74) is 0.103. The van der Waals surface area contributed by atoms with E-state index < -0.39 is 5.97 Å². The summed E-state index contributed by atoms with van der Waals surface area (Å²) < 4.78 is 5.34. The molecule has 3 aromatic heterocycles. The number of nitrogens with zero attached hydrogens (tertiary/aromatic N) is 6. The molecule has 0 spiro atoms. The third-order valence-corrected chi connectivity index (χ3v) is 4.56. The summed E-state index contributed by atoms with van der Waals surface area (Å²) >= 11 is 1.36. The lowest BCUT2D eigenvalue weighted by molar-refractivity contribution is 0.0452. The number of rotatable bonds is 7. The summed E-state index contributed by atoms with van der Waals surface area (Å²) in [7, 11) is 0. The highest BCUT2D eigenvalue weighted by Crippen LogP contribution is 2.28. The highest BCUT2D eigenvalue weighted by Gasteiger charge is 2.24. The van der Waals surface area contributed by atoms with E-state index in [1.807, 2.05) is 19.9 Å². The van der Waals surface area contributed by atoms with Crippen molar-refractivity contribution in [3.63, 3.8) is 0 Å². The quantitative estimate of drug-likeness (QED) is 0.562. The number of aromatic nitrogens is 4. The fourth-order valence-corrected chi connectivity index (χ4v) is 3.15. The molecule has 142 valence electrons. The van der Waals surface area contributed by atoms with Gasteiger partial charge in [-0.2, -0.15) is 5.26 Å². The standard InChI is InChI=1S/C19H18N6O2S/c1-13(2)12-27-19(26)17-18(24-8-7-23-17)25(16-10-21-5-6-22-16)11-15-4-3-14(9-20)28-15/h3-8,10,13H,11-12H2,1-2H3. The summed E-state index contributed by atoms with van der Waals surface area (Å²) in [6.45, 7) is 4.56. The second kappa shape index (κ2) is 9.01. The molecule has 3 rings (SSSR count). The van der Waals surface area contributed by atoms with E-state index in [0.29, 0.717) is 23.1 Å².